The highest BCUT2D eigenvalue weighted by Gasteiger charge is 2.21. The Balaban J connectivity index is 0.00000180. The van der Waals surface area contributed by atoms with Gasteiger partial charge in [0.1, 0.15) is 17.1 Å². The highest BCUT2D eigenvalue weighted by Crippen LogP contribution is 2.21. The first-order valence-corrected chi connectivity index (χ1v) is 6.06. The summed E-state index contributed by atoms with van der Waals surface area (Å²) < 4.78 is 18.7. The summed E-state index contributed by atoms with van der Waals surface area (Å²) >= 11 is 0. The summed E-state index contributed by atoms with van der Waals surface area (Å²) in [6.45, 7) is 1.69. The number of benzene rings is 1. The van der Waals surface area contributed by atoms with E-state index in [9.17, 15) is 9.18 Å². The lowest BCUT2D eigenvalue weighted by Crippen LogP contribution is -2.45. The third-order valence-electron chi connectivity index (χ3n) is 3.05. The number of methoxy groups -OCH3 is 1. The van der Waals surface area contributed by atoms with E-state index in [1.807, 2.05) is 0 Å². The molecule has 1 aliphatic rings. The summed E-state index contributed by atoms with van der Waals surface area (Å²) in [6.07, 6.45) is 1.93. The fourth-order valence-electron chi connectivity index (χ4n) is 2.13. The van der Waals surface area contributed by atoms with E-state index in [0.29, 0.717) is 0 Å². The molecule has 0 saturated carbocycles. The lowest BCUT2D eigenvalue weighted by atomic mass is 10.1. The molecule has 2 N–H and O–H groups in total. The summed E-state index contributed by atoms with van der Waals surface area (Å²) in [4.78, 5) is 12.1. The summed E-state index contributed by atoms with van der Waals surface area (Å²) in [6, 6.07) is 4.41. The second-order valence-electron chi connectivity index (χ2n) is 4.33. The van der Waals surface area contributed by atoms with Crippen LogP contribution in [0.3, 0.4) is 0 Å². The van der Waals surface area contributed by atoms with Crippen LogP contribution < -0.4 is 15.4 Å². The third kappa shape index (κ3) is 3.81. The molecule has 1 atom stereocenters. The highest BCUT2D eigenvalue weighted by atomic mass is 35.5. The third-order valence-corrected chi connectivity index (χ3v) is 3.05. The Morgan fingerprint density at radius 1 is 1.53 bits per heavy atom. The first-order chi connectivity index (χ1) is 8.72. The molecule has 0 spiro atoms. The van der Waals surface area contributed by atoms with E-state index >= 15 is 0 Å². The Bertz CT molecular complexity index is 437. The van der Waals surface area contributed by atoms with Crippen LogP contribution in [0.5, 0.6) is 5.75 Å². The van der Waals surface area contributed by atoms with Crippen LogP contribution in [-0.2, 0) is 0 Å². The van der Waals surface area contributed by atoms with Crippen LogP contribution in [0.15, 0.2) is 18.2 Å². The van der Waals surface area contributed by atoms with Gasteiger partial charge in [-0.1, -0.05) is 6.07 Å². The van der Waals surface area contributed by atoms with Crippen LogP contribution in [0.2, 0.25) is 0 Å². The SMILES string of the molecule is COc1cccc(F)c1C(=O)N[C@@H]1CCCNC1.Cl. The van der Waals surface area contributed by atoms with E-state index < -0.39 is 11.7 Å². The van der Waals surface area contributed by atoms with Gasteiger partial charge in [0.05, 0.1) is 7.11 Å². The van der Waals surface area contributed by atoms with E-state index in [0.717, 1.165) is 25.9 Å². The van der Waals surface area contributed by atoms with E-state index in [1.54, 1.807) is 6.07 Å². The maximum atomic E-state index is 13.7. The molecule has 0 radical (unpaired) electrons. The number of halogens is 2. The lowest BCUT2D eigenvalue weighted by molar-refractivity contribution is 0.0923. The van der Waals surface area contributed by atoms with Crippen molar-refractivity contribution < 1.29 is 13.9 Å². The Hall–Kier alpha value is -1.33. The number of amides is 1. The molecule has 1 heterocycles. The molecule has 6 heteroatoms. The normalized spacial score (nSPS) is 18.3. The van der Waals surface area contributed by atoms with Crippen molar-refractivity contribution in [1.29, 1.82) is 0 Å². The summed E-state index contributed by atoms with van der Waals surface area (Å²) in [5.41, 5.74) is -0.0226. The molecule has 1 fully saturated rings. The topological polar surface area (TPSA) is 50.4 Å². The molecule has 1 aliphatic heterocycles. The van der Waals surface area contributed by atoms with Crippen molar-refractivity contribution in [2.45, 2.75) is 18.9 Å². The first kappa shape index (κ1) is 15.7. The van der Waals surface area contributed by atoms with Crippen molar-refractivity contribution in [3.63, 3.8) is 0 Å². The van der Waals surface area contributed by atoms with E-state index in [4.69, 9.17) is 4.74 Å². The minimum absolute atomic E-state index is 0. The van der Waals surface area contributed by atoms with Gasteiger partial charge in [0.25, 0.3) is 5.91 Å². The van der Waals surface area contributed by atoms with Gasteiger partial charge in [-0.2, -0.15) is 0 Å². The largest absolute Gasteiger partial charge is 0.496 e. The molecule has 19 heavy (non-hydrogen) atoms. The molecule has 4 nitrogen and oxygen atoms in total. The van der Waals surface area contributed by atoms with Crippen molar-refractivity contribution in [2.75, 3.05) is 20.2 Å². The number of hydrogen-bond donors (Lipinski definition) is 2. The van der Waals surface area contributed by atoms with Gasteiger partial charge in [0.15, 0.2) is 0 Å². The monoisotopic (exact) mass is 288 g/mol. The van der Waals surface area contributed by atoms with Gasteiger partial charge in [-0.05, 0) is 31.5 Å². The maximum absolute atomic E-state index is 13.7. The molecular weight excluding hydrogens is 271 g/mol. The minimum atomic E-state index is -0.560. The summed E-state index contributed by atoms with van der Waals surface area (Å²) in [5, 5.41) is 6.02. The summed E-state index contributed by atoms with van der Waals surface area (Å²) in [7, 11) is 1.42. The van der Waals surface area contributed by atoms with Gasteiger partial charge in [-0.15, -0.1) is 12.4 Å². The van der Waals surface area contributed by atoms with Crippen LogP contribution in [0.4, 0.5) is 4.39 Å². The average Bonchev–Trinajstić information content (AvgIpc) is 2.39. The van der Waals surface area contributed by atoms with Crippen molar-refractivity contribution in [3.05, 3.63) is 29.6 Å². The molecule has 0 aliphatic carbocycles. The predicted molar refractivity (Wildman–Crippen MR) is 73.6 cm³/mol. The van der Waals surface area contributed by atoms with Crippen LogP contribution in [0.1, 0.15) is 23.2 Å². The predicted octanol–water partition coefficient (Wildman–Crippen LogP) is 1.74. The number of hydrogen-bond acceptors (Lipinski definition) is 3. The van der Waals surface area contributed by atoms with E-state index in [2.05, 4.69) is 10.6 Å². The van der Waals surface area contributed by atoms with Crippen LogP contribution >= 0.6 is 12.4 Å². The molecule has 0 unspecified atom stereocenters. The number of rotatable bonds is 3. The Morgan fingerprint density at radius 2 is 2.32 bits per heavy atom. The Morgan fingerprint density at radius 3 is 2.95 bits per heavy atom. The molecule has 1 aromatic carbocycles. The quantitative estimate of drug-likeness (QED) is 0.891. The van der Waals surface area contributed by atoms with E-state index in [1.165, 1.54) is 19.2 Å². The van der Waals surface area contributed by atoms with Crippen molar-refractivity contribution in [2.24, 2.45) is 0 Å². The zero-order valence-corrected chi connectivity index (χ0v) is 11.6. The number of nitrogens with one attached hydrogen (secondary N) is 2. The molecular formula is C13H18ClFN2O2. The smallest absolute Gasteiger partial charge is 0.258 e. The van der Waals surface area contributed by atoms with Crippen LogP contribution in [-0.4, -0.2) is 32.1 Å². The Kier molecular flexibility index (Phi) is 6.05. The number of ether oxygens (including phenoxy) is 1. The van der Waals surface area contributed by atoms with Gasteiger partial charge in [0.2, 0.25) is 0 Å². The van der Waals surface area contributed by atoms with Gasteiger partial charge in [0, 0.05) is 12.6 Å². The number of carbonyl (C=O) groups is 1. The van der Waals surface area contributed by atoms with Gasteiger partial charge in [-0.25, -0.2) is 4.39 Å². The average molecular weight is 289 g/mol. The molecule has 1 aromatic rings. The fourth-order valence-corrected chi connectivity index (χ4v) is 2.13. The van der Waals surface area contributed by atoms with E-state index in [-0.39, 0.29) is 29.8 Å². The lowest BCUT2D eigenvalue weighted by Gasteiger charge is -2.24. The van der Waals surface area contributed by atoms with Crippen LogP contribution in [0.25, 0.3) is 0 Å². The number of carbonyl (C=O) groups excluding carboxylic acids is 1. The number of piperidine rings is 1. The van der Waals surface area contributed by atoms with Gasteiger partial charge in [-0.3, -0.25) is 4.79 Å². The second kappa shape index (κ2) is 7.31. The molecule has 1 amide bonds. The minimum Gasteiger partial charge on any atom is -0.496 e. The summed E-state index contributed by atoms with van der Waals surface area (Å²) in [5.74, 6) is -0.717. The fraction of sp³-hybridized carbons (Fsp3) is 0.462. The molecule has 0 bridgehead atoms. The van der Waals surface area contributed by atoms with Crippen molar-refractivity contribution in [1.82, 2.24) is 10.6 Å². The molecule has 1 saturated heterocycles. The Labute approximate surface area is 118 Å². The zero-order chi connectivity index (χ0) is 13.0. The highest BCUT2D eigenvalue weighted by molar-refractivity contribution is 5.97. The maximum Gasteiger partial charge on any atom is 0.258 e. The molecule has 2 rings (SSSR count). The second-order valence-corrected chi connectivity index (χ2v) is 4.33. The van der Waals surface area contributed by atoms with Gasteiger partial charge >= 0.3 is 0 Å². The standard InChI is InChI=1S/C13H17FN2O2.ClH/c1-18-11-6-2-5-10(14)12(11)13(17)16-9-4-3-7-15-8-9;/h2,5-6,9,15H,3-4,7-8H2,1H3,(H,16,17);1H/t9-;/m1./s1. The van der Waals surface area contributed by atoms with Crippen molar-refractivity contribution in [3.8, 4) is 5.75 Å². The van der Waals surface area contributed by atoms with Crippen LogP contribution in [0, 0.1) is 5.82 Å². The van der Waals surface area contributed by atoms with Gasteiger partial charge < -0.3 is 15.4 Å². The molecule has 0 aromatic heterocycles. The van der Waals surface area contributed by atoms with Crippen molar-refractivity contribution >= 4 is 18.3 Å². The first-order valence-electron chi connectivity index (χ1n) is 6.06. The molecule has 106 valence electrons. The zero-order valence-electron chi connectivity index (χ0n) is 10.7.